The monoisotopic (exact) mass is 365 g/mol. The molecule has 0 saturated heterocycles. The van der Waals surface area contributed by atoms with Gasteiger partial charge in [-0.3, -0.25) is 4.79 Å². The van der Waals surface area contributed by atoms with Crippen molar-refractivity contribution in [1.29, 1.82) is 0 Å². The number of nitrogens with zero attached hydrogens (tertiary/aromatic N) is 1. The molecule has 0 bridgehead atoms. The van der Waals surface area contributed by atoms with Crippen LogP contribution in [0.5, 0.6) is 0 Å². The molecule has 0 atom stereocenters. The largest absolute Gasteiger partial charge is 0.481 e. The number of carboxylic acid groups (broad SMARTS) is 1. The van der Waals surface area contributed by atoms with E-state index in [1.165, 1.54) is 24.3 Å². The highest BCUT2D eigenvalue weighted by molar-refractivity contribution is 5.89. The average Bonchev–Trinajstić information content (AvgIpc) is 2.79. The van der Waals surface area contributed by atoms with Crippen LogP contribution in [0.2, 0.25) is 0 Å². The molecular weight excluding hydrogens is 350 g/mol. The van der Waals surface area contributed by atoms with E-state index in [2.05, 4.69) is 0 Å². The fourth-order valence-electron chi connectivity index (χ4n) is 3.13. The molecule has 1 N–H and O–H groups in total. The molecule has 7 heteroatoms. The van der Waals surface area contributed by atoms with Gasteiger partial charge in [-0.2, -0.15) is 13.2 Å². The maximum absolute atomic E-state index is 13.6. The second kappa shape index (κ2) is 6.48. The van der Waals surface area contributed by atoms with Crippen molar-refractivity contribution < 1.29 is 27.5 Å². The zero-order chi connectivity index (χ0) is 19.1. The number of aliphatic carboxylic acids is 1. The van der Waals surface area contributed by atoms with Crippen LogP contribution in [-0.2, 0) is 23.9 Å². The van der Waals surface area contributed by atoms with Gasteiger partial charge < -0.3 is 9.67 Å². The van der Waals surface area contributed by atoms with Gasteiger partial charge in [0.15, 0.2) is 0 Å². The van der Waals surface area contributed by atoms with Crippen molar-refractivity contribution in [3.05, 3.63) is 70.7 Å². The Morgan fingerprint density at radius 3 is 2.54 bits per heavy atom. The molecule has 3 nitrogen and oxygen atoms in total. The SMILES string of the molecule is Cc1c(CC(=O)O)c2cc(F)ccc2n1Cc1cccc(C(F)(F)F)c1. The normalized spacial score (nSPS) is 11.9. The fraction of sp³-hybridized carbons (Fsp3) is 0.211. The zero-order valence-electron chi connectivity index (χ0n) is 13.8. The summed E-state index contributed by atoms with van der Waals surface area (Å²) in [5.41, 5.74) is 1.30. The zero-order valence-corrected chi connectivity index (χ0v) is 13.8. The fourth-order valence-corrected chi connectivity index (χ4v) is 3.13. The minimum Gasteiger partial charge on any atom is -0.481 e. The summed E-state index contributed by atoms with van der Waals surface area (Å²) < 4.78 is 54.1. The summed E-state index contributed by atoms with van der Waals surface area (Å²) in [6, 6.07) is 8.97. The highest BCUT2D eigenvalue weighted by Gasteiger charge is 2.30. The maximum Gasteiger partial charge on any atom is 0.416 e. The summed E-state index contributed by atoms with van der Waals surface area (Å²) in [6.45, 7) is 1.81. The third-order valence-electron chi connectivity index (χ3n) is 4.34. The van der Waals surface area contributed by atoms with Gasteiger partial charge in [0.2, 0.25) is 0 Å². The lowest BCUT2D eigenvalue weighted by atomic mass is 10.1. The lowest BCUT2D eigenvalue weighted by Crippen LogP contribution is -2.08. The van der Waals surface area contributed by atoms with E-state index in [1.54, 1.807) is 17.6 Å². The smallest absolute Gasteiger partial charge is 0.416 e. The summed E-state index contributed by atoms with van der Waals surface area (Å²) >= 11 is 0. The first-order chi connectivity index (χ1) is 12.2. The molecule has 0 aliphatic heterocycles. The number of halogens is 4. The molecule has 0 aliphatic rings. The Morgan fingerprint density at radius 1 is 1.15 bits per heavy atom. The van der Waals surface area contributed by atoms with Gasteiger partial charge in [-0.1, -0.05) is 12.1 Å². The standard InChI is InChI=1S/C19H15F4NO2/c1-11-15(9-18(25)26)16-8-14(20)5-6-17(16)24(11)10-12-3-2-4-13(7-12)19(21,22)23/h2-8H,9-10H2,1H3,(H,25,26). The molecular formula is C19H15F4NO2. The molecule has 0 fully saturated rings. The Balaban J connectivity index is 2.11. The summed E-state index contributed by atoms with van der Waals surface area (Å²) in [7, 11) is 0. The van der Waals surface area contributed by atoms with E-state index >= 15 is 0 Å². The third-order valence-corrected chi connectivity index (χ3v) is 4.34. The second-order valence-corrected chi connectivity index (χ2v) is 6.08. The van der Waals surface area contributed by atoms with E-state index in [9.17, 15) is 22.4 Å². The van der Waals surface area contributed by atoms with Crippen molar-refractivity contribution in [3.8, 4) is 0 Å². The van der Waals surface area contributed by atoms with Crippen LogP contribution in [-0.4, -0.2) is 15.6 Å². The van der Waals surface area contributed by atoms with Crippen LogP contribution < -0.4 is 0 Å². The molecule has 1 aromatic heterocycles. The van der Waals surface area contributed by atoms with E-state index in [0.29, 0.717) is 27.7 Å². The Labute approximate surface area is 146 Å². The predicted octanol–water partition coefficient (Wildman–Crippen LogP) is 4.78. The van der Waals surface area contributed by atoms with Gasteiger partial charge in [0.1, 0.15) is 5.82 Å². The summed E-state index contributed by atoms with van der Waals surface area (Å²) in [5.74, 6) is -1.56. The number of alkyl halides is 3. The molecule has 0 spiro atoms. The lowest BCUT2D eigenvalue weighted by Gasteiger charge is -2.12. The van der Waals surface area contributed by atoms with E-state index in [1.807, 2.05) is 0 Å². The number of rotatable bonds is 4. The average molecular weight is 365 g/mol. The first-order valence-electron chi connectivity index (χ1n) is 7.82. The van der Waals surface area contributed by atoms with Gasteiger partial charge in [0.05, 0.1) is 12.0 Å². The van der Waals surface area contributed by atoms with Crippen LogP contribution in [0.3, 0.4) is 0 Å². The van der Waals surface area contributed by atoms with Gasteiger partial charge in [-0.25, -0.2) is 4.39 Å². The first-order valence-corrected chi connectivity index (χ1v) is 7.82. The molecule has 136 valence electrons. The number of benzene rings is 2. The minimum atomic E-state index is -4.44. The van der Waals surface area contributed by atoms with Crippen LogP contribution in [0, 0.1) is 12.7 Å². The second-order valence-electron chi connectivity index (χ2n) is 6.08. The van der Waals surface area contributed by atoms with Crippen molar-refractivity contribution >= 4 is 16.9 Å². The van der Waals surface area contributed by atoms with Gasteiger partial charge >= 0.3 is 12.1 Å². The Kier molecular flexibility index (Phi) is 4.48. The van der Waals surface area contributed by atoms with Crippen molar-refractivity contribution in [2.75, 3.05) is 0 Å². The number of aromatic nitrogens is 1. The molecule has 1 heterocycles. The Bertz CT molecular complexity index is 989. The van der Waals surface area contributed by atoms with Crippen molar-refractivity contribution in [3.63, 3.8) is 0 Å². The number of hydrogen-bond acceptors (Lipinski definition) is 1. The number of carbonyl (C=O) groups is 1. The van der Waals surface area contributed by atoms with E-state index in [0.717, 1.165) is 12.1 Å². The molecule has 0 radical (unpaired) electrons. The summed E-state index contributed by atoms with van der Waals surface area (Å²) in [6.07, 6.45) is -4.73. The number of carboxylic acids is 1. The molecule has 0 saturated carbocycles. The summed E-state index contributed by atoms with van der Waals surface area (Å²) in [5, 5.41) is 9.57. The van der Waals surface area contributed by atoms with Crippen LogP contribution in [0.15, 0.2) is 42.5 Å². The number of hydrogen-bond donors (Lipinski definition) is 1. The molecule has 3 aromatic rings. The molecule has 3 rings (SSSR count). The van der Waals surface area contributed by atoms with Crippen LogP contribution in [0.25, 0.3) is 10.9 Å². The van der Waals surface area contributed by atoms with Crippen molar-refractivity contribution in [1.82, 2.24) is 4.57 Å². The molecule has 0 unspecified atom stereocenters. The van der Waals surface area contributed by atoms with Gasteiger partial charge in [-0.15, -0.1) is 0 Å². The van der Waals surface area contributed by atoms with E-state index in [4.69, 9.17) is 5.11 Å². The van der Waals surface area contributed by atoms with E-state index < -0.39 is 23.5 Å². The quantitative estimate of drug-likeness (QED) is 0.676. The van der Waals surface area contributed by atoms with Gasteiger partial charge in [-0.05, 0) is 48.4 Å². The third kappa shape index (κ3) is 3.42. The highest BCUT2D eigenvalue weighted by atomic mass is 19.4. The maximum atomic E-state index is 13.6. The molecule has 0 amide bonds. The molecule has 26 heavy (non-hydrogen) atoms. The molecule has 0 aliphatic carbocycles. The topological polar surface area (TPSA) is 42.2 Å². The van der Waals surface area contributed by atoms with E-state index in [-0.39, 0.29) is 13.0 Å². The molecule has 2 aromatic carbocycles. The van der Waals surface area contributed by atoms with Crippen LogP contribution in [0.1, 0.15) is 22.4 Å². The van der Waals surface area contributed by atoms with Gasteiger partial charge in [0.25, 0.3) is 0 Å². The highest BCUT2D eigenvalue weighted by Crippen LogP contribution is 2.31. The summed E-state index contributed by atoms with van der Waals surface area (Å²) in [4.78, 5) is 11.1. The predicted molar refractivity (Wildman–Crippen MR) is 88.5 cm³/mol. The minimum absolute atomic E-state index is 0.123. The first kappa shape index (κ1) is 18.0. The Morgan fingerprint density at radius 2 is 1.88 bits per heavy atom. The van der Waals surface area contributed by atoms with Crippen molar-refractivity contribution in [2.24, 2.45) is 0 Å². The van der Waals surface area contributed by atoms with Gasteiger partial charge in [0, 0.05) is 23.1 Å². The van der Waals surface area contributed by atoms with Crippen LogP contribution >= 0.6 is 0 Å². The van der Waals surface area contributed by atoms with Crippen LogP contribution in [0.4, 0.5) is 17.6 Å². The number of fused-ring (bicyclic) bond motifs is 1. The lowest BCUT2D eigenvalue weighted by molar-refractivity contribution is -0.138. The van der Waals surface area contributed by atoms with Crippen molar-refractivity contribution in [2.45, 2.75) is 26.1 Å². The Hall–Kier alpha value is -2.83.